The van der Waals surface area contributed by atoms with Gasteiger partial charge in [0.1, 0.15) is 18.8 Å². The zero-order chi connectivity index (χ0) is 17.8. The number of nitrogens with zero attached hydrogens (tertiary/aromatic N) is 4. The Labute approximate surface area is 152 Å². The molecule has 0 aromatic carbocycles. The Morgan fingerprint density at radius 3 is 2.77 bits per heavy atom. The number of nitrogens with one attached hydrogen (secondary N) is 1. The van der Waals surface area contributed by atoms with Gasteiger partial charge >= 0.3 is 0 Å². The molecule has 4 rings (SSSR count). The van der Waals surface area contributed by atoms with Crippen molar-refractivity contribution in [3.63, 3.8) is 0 Å². The summed E-state index contributed by atoms with van der Waals surface area (Å²) in [4.78, 5) is 17.6. The van der Waals surface area contributed by atoms with Gasteiger partial charge in [0.05, 0.1) is 5.69 Å². The Balaban J connectivity index is 1.64. The Hall–Kier alpha value is -3.02. The summed E-state index contributed by atoms with van der Waals surface area (Å²) in [6.07, 6.45) is 9.63. The lowest BCUT2D eigenvalue weighted by atomic mass is 9.90. The zero-order valence-electron chi connectivity index (χ0n) is 14.8. The van der Waals surface area contributed by atoms with Gasteiger partial charge < -0.3 is 10.1 Å². The predicted molar refractivity (Wildman–Crippen MR) is 100 cm³/mol. The number of aromatic nitrogens is 4. The van der Waals surface area contributed by atoms with Crippen molar-refractivity contribution in [2.75, 3.05) is 12.4 Å². The molecule has 6 heteroatoms. The minimum absolute atomic E-state index is 0.381. The van der Waals surface area contributed by atoms with Gasteiger partial charge in [0, 0.05) is 36.8 Å². The van der Waals surface area contributed by atoms with E-state index in [4.69, 9.17) is 9.72 Å². The van der Waals surface area contributed by atoms with Gasteiger partial charge in [-0.25, -0.2) is 19.9 Å². The summed E-state index contributed by atoms with van der Waals surface area (Å²) in [5, 5.41) is 3.04. The molecule has 0 atom stereocenters. The molecule has 3 heterocycles. The molecule has 0 amide bonds. The molecule has 0 fully saturated rings. The van der Waals surface area contributed by atoms with E-state index in [1.807, 2.05) is 43.7 Å². The van der Waals surface area contributed by atoms with E-state index in [-0.39, 0.29) is 0 Å². The van der Waals surface area contributed by atoms with Crippen molar-refractivity contribution in [1.82, 2.24) is 19.9 Å². The molecule has 1 aliphatic rings. The smallest absolute Gasteiger partial charge is 0.214 e. The van der Waals surface area contributed by atoms with E-state index in [0.29, 0.717) is 12.5 Å². The van der Waals surface area contributed by atoms with Crippen LogP contribution in [0.15, 0.2) is 43.0 Å². The number of hydrogen-bond donors (Lipinski definition) is 1. The lowest BCUT2D eigenvalue weighted by Gasteiger charge is -2.20. The van der Waals surface area contributed by atoms with Crippen LogP contribution in [0.25, 0.3) is 11.1 Å². The molecular formula is C20H21N5O. The second kappa shape index (κ2) is 7.47. The quantitative estimate of drug-likeness (QED) is 0.762. The highest BCUT2D eigenvalue weighted by Crippen LogP contribution is 2.33. The van der Waals surface area contributed by atoms with E-state index in [2.05, 4.69) is 20.3 Å². The van der Waals surface area contributed by atoms with Gasteiger partial charge in [-0.1, -0.05) is 6.07 Å². The predicted octanol–water partition coefficient (Wildman–Crippen LogP) is 3.43. The maximum atomic E-state index is 5.98. The van der Waals surface area contributed by atoms with Crippen molar-refractivity contribution < 1.29 is 4.74 Å². The van der Waals surface area contributed by atoms with Gasteiger partial charge in [-0.2, -0.15) is 0 Å². The molecule has 1 N–H and O–H groups in total. The molecule has 0 bridgehead atoms. The first kappa shape index (κ1) is 16.4. The topological polar surface area (TPSA) is 72.8 Å². The molecule has 0 saturated carbocycles. The van der Waals surface area contributed by atoms with E-state index in [1.54, 1.807) is 6.33 Å². The maximum absolute atomic E-state index is 5.98. The van der Waals surface area contributed by atoms with Crippen LogP contribution in [0.1, 0.15) is 29.8 Å². The number of rotatable bonds is 5. The van der Waals surface area contributed by atoms with E-state index in [9.17, 15) is 0 Å². The number of anilines is 1. The van der Waals surface area contributed by atoms with Gasteiger partial charge in [-0.05, 0) is 48.9 Å². The van der Waals surface area contributed by atoms with Crippen molar-refractivity contribution >= 4 is 5.82 Å². The van der Waals surface area contributed by atoms with Crippen molar-refractivity contribution in [2.24, 2.45) is 0 Å². The van der Waals surface area contributed by atoms with E-state index >= 15 is 0 Å². The molecule has 26 heavy (non-hydrogen) atoms. The Bertz CT molecular complexity index is 898. The highest BCUT2D eigenvalue weighted by molar-refractivity contribution is 5.68. The first-order valence-electron chi connectivity index (χ1n) is 8.88. The van der Waals surface area contributed by atoms with Crippen molar-refractivity contribution in [3.8, 4) is 17.0 Å². The number of pyridine rings is 2. The fraction of sp³-hybridized carbons (Fsp3) is 0.300. The van der Waals surface area contributed by atoms with Gasteiger partial charge in [-0.3, -0.25) is 0 Å². The molecule has 1 aliphatic carbocycles. The summed E-state index contributed by atoms with van der Waals surface area (Å²) in [5.74, 6) is 1.45. The van der Waals surface area contributed by atoms with E-state index < -0.39 is 0 Å². The lowest BCUT2D eigenvalue weighted by Crippen LogP contribution is -2.09. The summed E-state index contributed by atoms with van der Waals surface area (Å²) >= 11 is 0. The van der Waals surface area contributed by atoms with Gasteiger partial charge in [0.25, 0.3) is 0 Å². The Morgan fingerprint density at radius 1 is 1.08 bits per heavy atom. The third kappa shape index (κ3) is 3.49. The Kier molecular flexibility index (Phi) is 4.73. The number of ether oxygens (including phenoxy) is 1. The Morgan fingerprint density at radius 2 is 1.92 bits per heavy atom. The number of fused-ring (bicyclic) bond motifs is 1. The van der Waals surface area contributed by atoms with Gasteiger partial charge in [-0.15, -0.1) is 0 Å². The van der Waals surface area contributed by atoms with Crippen LogP contribution in [0.5, 0.6) is 5.88 Å². The summed E-state index contributed by atoms with van der Waals surface area (Å²) in [6, 6.07) is 7.84. The van der Waals surface area contributed by atoms with Crippen LogP contribution < -0.4 is 10.1 Å². The third-order valence-corrected chi connectivity index (χ3v) is 4.58. The largest absolute Gasteiger partial charge is 0.471 e. The fourth-order valence-corrected chi connectivity index (χ4v) is 3.30. The van der Waals surface area contributed by atoms with Crippen LogP contribution >= 0.6 is 0 Å². The standard InChI is InChI=1S/C20H21N5O/c1-21-19-8-4-5-15(24-19)12-26-20-9-17(14-10-22-13-23-11-14)16-6-2-3-7-18(16)25-20/h4-5,8-11,13H,2-3,6-7,12H2,1H3,(H,21,24). The lowest BCUT2D eigenvalue weighted by molar-refractivity contribution is 0.288. The minimum atomic E-state index is 0.381. The van der Waals surface area contributed by atoms with Crippen molar-refractivity contribution in [3.05, 3.63) is 59.9 Å². The molecule has 0 radical (unpaired) electrons. The second-order valence-electron chi connectivity index (χ2n) is 6.32. The third-order valence-electron chi connectivity index (χ3n) is 4.58. The summed E-state index contributed by atoms with van der Waals surface area (Å²) < 4.78 is 5.98. The molecule has 0 aliphatic heterocycles. The first-order chi connectivity index (χ1) is 12.8. The normalized spacial score (nSPS) is 13.1. The van der Waals surface area contributed by atoms with Crippen LogP contribution in [-0.2, 0) is 19.4 Å². The van der Waals surface area contributed by atoms with Gasteiger partial charge in [0.15, 0.2) is 0 Å². The molecule has 3 aromatic heterocycles. The summed E-state index contributed by atoms with van der Waals surface area (Å²) in [7, 11) is 1.85. The van der Waals surface area contributed by atoms with Crippen LogP contribution in [0, 0.1) is 0 Å². The van der Waals surface area contributed by atoms with Crippen molar-refractivity contribution in [1.29, 1.82) is 0 Å². The maximum Gasteiger partial charge on any atom is 0.214 e. The summed E-state index contributed by atoms with van der Waals surface area (Å²) in [5.41, 5.74) is 5.43. The average molecular weight is 347 g/mol. The van der Waals surface area contributed by atoms with Crippen molar-refractivity contribution in [2.45, 2.75) is 32.3 Å². The minimum Gasteiger partial charge on any atom is -0.471 e. The van der Waals surface area contributed by atoms with E-state index in [0.717, 1.165) is 41.2 Å². The number of aryl methyl sites for hydroxylation is 1. The van der Waals surface area contributed by atoms with E-state index in [1.165, 1.54) is 18.4 Å². The van der Waals surface area contributed by atoms with Crippen LogP contribution in [-0.4, -0.2) is 27.0 Å². The monoisotopic (exact) mass is 347 g/mol. The fourth-order valence-electron chi connectivity index (χ4n) is 3.30. The molecule has 0 unspecified atom stereocenters. The molecule has 3 aromatic rings. The highest BCUT2D eigenvalue weighted by Gasteiger charge is 2.18. The highest BCUT2D eigenvalue weighted by atomic mass is 16.5. The van der Waals surface area contributed by atoms with Crippen LogP contribution in [0.4, 0.5) is 5.82 Å². The molecule has 6 nitrogen and oxygen atoms in total. The second-order valence-corrected chi connectivity index (χ2v) is 6.32. The zero-order valence-corrected chi connectivity index (χ0v) is 14.8. The SMILES string of the molecule is CNc1cccc(COc2cc(-c3cncnc3)c3c(n2)CCCC3)n1. The molecule has 0 spiro atoms. The van der Waals surface area contributed by atoms with Gasteiger partial charge in [0.2, 0.25) is 5.88 Å². The first-order valence-corrected chi connectivity index (χ1v) is 8.88. The molecule has 132 valence electrons. The van der Waals surface area contributed by atoms with Crippen LogP contribution in [0.3, 0.4) is 0 Å². The number of hydrogen-bond acceptors (Lipinski definition) is 6. The summed E-state index contributed by atoms with van der Waals surface area (Å²) in [6.45, 7) is 0.381. The molecule has 0 saturated heterocycles. The molecular weight excluding hydrogens is 326 g/mol. The average Bonchev–Trinajstić information content (AvgIpc) is 2.72. The van der Waals surface area contributed by atoms with Crippen LogP contribution in [0.2, 0.25) is 0 Å².